The summed E-state index contributed by atoms with van der Waals surface area (Å²) < 4.78 is 52.4. The maximum absolute atomic E-state index is 13.9. The third kappa shape index (κ3) is 3.91. The first-order valence-electron chi connectivity index (χ1n) is 7.38. The van der Waals surface area contributed by atoms with Gasteiger partial charge in [-0.15, -0.1) is 11.3 Å². The summed E-state index contributed by atoms with van der Waals surface area (Å²) in [5.41, 5.74) is 0.368. The lowest BCUT2D eigenvalue weighted by Gasteiger charge is -2.08. The Morgan fingerprint density at radius 3 is 2.42 bits per heavy atom. The van der Waals surface area contributed by atoms with Gasteiger partial charge in [0.05, 0.1) is 16.8 Å². The summed E-state index contributed by atoms with van der Waals surface area (Å²) in [4.78, 5) is 15.0. The second-order valence-corrected chi connectivity index (χ2v) is 6.37. The smallest absolute Gasteiger partial charge is 0.416 e. The summed E-state index contributed by atoms with van der Waals surface area (Å²) >= 11 is 1.05. The van der Waals surface area contributed by atoms with E-state index in [-0.39, 0.29) is 16.1 Å². The Hall–Kier alpha value is -2.74. The van der Waals surface area contributed by atoms with Crippen LogP contribution in [0.5, 0.6) is 0 Å². The Labute approximate surface area is 149 Å². The van der Waals surface area contributed by atoms with Gasteiger partial charge < -0.3 is 5.11 Å². The van der Waals surface area contributed by atoms with Crippen molar-refractivity contribution in [3.8, 4) is 10.6 Å². The second kappa shape index (κ2) is 6.87. The van der Waals surface area contributed by atoms with Gasteiger partial charge in [-0.3, -0.25) is 0 Å². The lowest BCUT2D eigenvalue weighted by molar-refractivity contribution is -0.137. The molecule has 0 saturated carbocycles. The van der Waals surface area contributed by atoms with Gasteiger partial charge in [0, 0.05) is 17.4 Å². The zero-order valence-electron chi connectivity index (χ0n) is 13.0. The number of carboxylic acid groups (broad SMARTS) is 1. The first-order valence-corrected chi connectivity index (χ1v) is 8.26. The first kappa shape index (κ1) is 18.1. The fraction of sp³-hybridized carbons (Fsp3) is 0.111. The molecule has 0 atom stereocenters. The fourth-order valence-electron chi connectivity index (χ4n) is 2.35. The highest BCUT2D eigenvalue weighted by molar-refractivity contribution is 7.13. The molecule has 26 heavy (non-hydrogen) atoms. The fourth-order valence-corrected chi connectivity index (χ4v) is 3.19. The Kier molecular flexibility index (Phi) is 4.78. The number of halogens is 4. The first-order chi connectivity index (χ1) is 12.2. The van der Waals surface area contributed by atoms with E-state index in [0.29, 0.717) is 18.2 Å². The summed E-state index contributed by atoms with van der Waals surface area (Å²) in [6.07, 6.45) is -4.20. The summed E-state index contributed by atoms with van der Waals surface area (Å²) in [6.45, 7) is 0. The molecule has 0 bridgehead atoms. The van der Waals surface area contributed by atoms with E-state index in [4.69, 9.17) is 5.11 Å². The van der Waals surface area contributed by atoms with Crippen molar-refractivity contribution in [2.45, 2.75) is 12.6 Å². The normalized spacial score (nSPS) is 11.5. The van der Waals surface area contributed by atoms with Crippen molar-refractivity contribution in [1.82, 2.24) is 4.98 Å². The summed E-state index contributed by atoms with van der Waals surface area (Å²) in [5, 5.41) is 10.7. The van der Waals surface area contributed by atoms with Gasteiger partial charge in [-0.2, -0.15) is 13.2 Å². The highest BCUT2D eigenvalue weighted by Gasteiger charge is 2.31. The standard InChI is InChI=1S/C18H11F4NO2S/c19-15-6-5-12(18(20,21)22)8-14(15)16-23-13(9-26-16)7-10-1-3-11(4-2-10)17(24)25/h1-6,8-9H,7H2,(H,24,25). The van der Waals surface area contributed by atoms with E-state index in [2.05, 4.69) is 4.98 Å². The molecule has 3 rings (SSSR count). The molecule has 3 aromatic rings. The minimum atomic E-state index is -4.56. The van der Waals surface area contributed by atoms with Crippen LogP contribution in [0.15, 0.2) is 47.8 Å². The molecular formula is C18H11F4NO2S. The molecule has 0 spiro atoms. The molecule has 1 aromatic heterocycles. The van der Waals surface area contributed by atoms with Crippen molar-refractivity contribution < 1.29 is 27.5 Å². The van der Waals surface area contributed by atoms with Crippen LogP contribution in [0.1, 0.15) is 27.2 Å². The van der Waals surface area contributed by atoms with Gasteiger partial charge in [-0.25, -0.2) is 14.2 Å². The minimum Gasteiger partial charge on any atom is -0.478 e. The molecule has 8 heteroatoms. The monoisotopic (exact) mass is 381 g/mol. The van der Waals surface area contributed by atoms with Crippen LogP contribution >= 0.6 is 11.3 Å². The van der Waals surface area contributed by atoms with E-state index in [1.807, 2.05) is 0 Å². The number of carboxylic acids is 1. The number of thiazole rings is 1. The Morgan fingerprint density at radius 2 is 1.81 bits per heavy atom. The number of benzene rings is 2. The number of hydrogen-bond acceptors (Lipinski definition) is 3. The van der Waals surface area contributed by atoms with Crippen LogP contribution in [0.25, 0.3) is 10.6 Å². The number of nitrogens with zero attached hydrogens (tertiary/aromatic N) is 1. The van der Waals surface area contributed by atoms with E-state index < -0.39 is 23.5 Å². The van der Waals surface area contributed by atoms with Crippen molar-refractivity contribution in [3.05, 3.63) is 76.0 Å². The molecule has 0 aliphatic heterocycles. The van der Waals surface area contributed by atoms with Crippen LogP contribution < -0.4 is 0 Å². The van der Waals surface area contributed by atoms with Crippen molar-refractivity contribution in [2.75, 3.05) is 0 Å². The van der Waals surface area contributed by atoms with Gasteiger partial charge in [0.25, 0.3) is 0 Å². The zero-order valence-corrected chi connectivity index (χ0v) is 13.9. The average molecular weight is 381 g/mol. The summed E-state index contributed by atoms with van der Waals surface area (Å²) in [5.74, 6) is -1.81. The predicted molar refractivity (Wildman–Crippen MR) is 88.7 cm³/mol. The van der Waals surface area contributed by atoms with E-state index in [9.17, 15) is 22.4 Å². The van der Waals surface area contributed by atoms with E-state index in [1.54, 1.807) is 17.5 Å². The Balaban J connectivity index is 1.85. The Bertz CT molecular complexity index is 949. The van der Waals surface area contributed by atoms with Crippen molar-refractivity contribution >= 4 is 17.3 Å². The minimum absolute atomic E-state index is 0.152. The SMILES string of the molecule is O=C(O)c1ccc(Cc2csc(-c3cc(C(F)(F)F)ccc3F)n2)cc1. The summed E-state index contributed by atoms with van der Waals surface area (Å²) in [6, 6.07) is 8.40. The van der Waals surface area contributed by atoms with Crippen LogP contribution in [0.2, 0.25) is 0 Å². The van der Waals surface area contributed by atoms with E-state index in [0.717, 1.165) is 29.0 Å². The van der Waals surface area contributed by atoms with E-state index >= 15 is 0 Å². The predicted octanol–water partition coefficient (Wildman–Crippen LogP) is 5.26. The molecule has 1 N–H and O–H groups in total. The molecule has 0 unspecified atom stereocenters. The molecule has 0 radical (unpaired) electrons. The van der Waals surface area contributed by atoms with Crippen molar-refractivity contribution in [3.63, 3.8) is 0 Å². The molecule has 0 fully saturated rings. The van der Waals surface area contributed by atoms with Gasteiger partial charge in [-0.1, -0.05) is 12.1 Å². The van der Waals surface area contributed by atoms with Crippen LogP contribution in [0.3, 0.4) is 0 Å². The van der Waals surface area contributed by atoms with Crippen LogP contribution in [0.4, 0.5) is 17.6 Å². The molecule has 0 aliphatic rings. The van der Waals surface area contributed by atoms with Gasteiger partial charge in [0.2, 0.25) is 0 Å². The number of aromatic nitrogens is 1. The quantitative estimate of drug-likeness (QED) is 0.628. The van der Waals surface area contributed by atoms with Gasteiger partial charge in [0.1, 0.15) is 10.8 Å². The lowest BCUT2D eigenvalue weighted by Crippen LogP contribution is -2.05. The largest absolute Gasteiger partial charge is 0.478 e. The zero-order chi connectivity index (χ0) is 18.9. The van der Waals surface area contributed by atoms with Gasteiger partial charge in [-0.05, 0) is 35.9 Å². The number of alkyl halides is 3. The van der Waals surface area contributed by atoms with Gasteiger partial charge >= 0.3 is 12.1 Å². The second-order valence-electron chi connectivity index (χ2n) is 5.52. The van der Waals surface area contributed by atoms with E-state index in [1.165, 1.54) is 12.1 Å². The third-order valence-corrected chi connectivity index (χ3v) is 4.59. The molecule has 0 aliphatic carbocycles. The molecule has 2 aromatic carbocycles. The van der Waals surface area contributed by atoms with Crippen LogP contribution in [-0.2, 0) is 12.6 Å². The average Bonchev–Trinajstić information content (AvgIpc) is 3.03. The molecule has 134 valence electrons. The number of aromatic carboxylic acids is 1. The molecular weight excluding hydrogens is 370 g/mol. The number of hydrogen-bond donors (Lipinski definition) is 1. The number of carbonyl (C=O) groups is 1. The molecule has 0 saturated heterocycles. The maximum Gasteiger partial charge on any atom is 0.416 e. The lowest BCUT2D eigenvalue weighted by atomic mass is 10.1. The summed E-state index contributed by atoms with van der Waals surface area (Å²) in [7, 11) is 0. The number of rotatable bonds is 4. The highest BCUT2D eigenvalue weighted by atomic mass is 32.1. The molecule has 0 amide bonds. The van der Waals surface area contributed by atoms with Crippen LogP contribution in [0, 0.1) is 5.82 Å². The Morgan fingerprint density at radius 1 is 1.12 bits per heavy atom. The van der Waals surface area contributed by atoms with Crippen LogP contribution in [-0.4, -0.2) is 16.1 Å². The van der Waals surface area contributed by atoms with Crippen molar-refractivity contribution in [1.29, 1.82) is 0 Å². The maximum atomic E-state index is 13.9. The van der Waals surface area contributed by atoms with Crippen molar-refractivity contribution in [2.24, 2.45) is 0 Å². The highest BCUT2D eigenvalue weighted by Crippen LogP contribution is 2.34. The molecule has 1 heterocycles. The topological polar surface area (TPSA) is 50.2 Å². The van der Waals surface area contributed by atoms with Gasteiger partial charge in [0.15, 0.2) is 0 Å². The third-order valence-electron chi connectivity index (χ3n) is 3.66. The molecule has 3 nitrogen and oxygen atoms in total.